The zero-order chi connectivity index (χ0) is 13.0. The highest BCUT2D eigenvalue weighted by Crippen LogP contribution is 2.15. The second-order valence-electron chi connectivity index (χ2n) is 4.29. The van der Waals surface area contributed by atoms with Crippen molar-refractivity contribution < 1.29 is 0 Å². The van der Waals surface area contributed by atoms with E-state index < -0.39 is 0 Å². The molecule has 0 saturated carbocycles. The molecule has 2 aromatic rings. The quantitative estimate of drug-likeness (QED) is 0.508. The van der Waals surface area contributed by atoms with Crippen molar-refractivity contribution in [3.8, 4) is 0 Å². The summed E-state index contributed by atoms with van der Waals surface area (Å²) < 4.78 is 0. The summed E-state index contributed by atoms with van der Waals surface area (Å²) in [5, 5.41) is 3.91. The molecule has 0 aromatic heterocycles. The molecular weight excluding hydrogens is 222 g/mol. The highest BCUT2D eigenvalue weighted by Gasteiger charge is 2.06. The normalized spacial score (nSPS) is 11.3. The van der Waals surface area contributed by atoms with Crippen molar-refractivity contribution in [1.82, 2.24) is 0 Å². The van der Waals surface area contributed by atoms with E-state index in [9.17, 15) is 0 Å². The van der Waals surface area contributed by atoms with E-state index in [1.165, 1.54) is 0 Å². The zero-order valence-corrected chi connectivity index (χ0v) is 10.7. The molecular formula is C15H17N3. The van der Waals surface area contributed by atoms with Gasteiger partial charge in [0.2, 0.25) is 0 Å². The molecule has 0 bridgehead atoms. The van der Waals surface area contributed by atoms with Gasteiger partial charge in [-0.15, -0.1) is 0 Å². The third kappa shape index (κ3) is 2.51. The van der Waals surface area contributed by atoms with Gasteiger partial charge in [0, 0.05) is 30.9 Å². The van der Waals surface area contributed by atoms with Crippen molar-refractivity contribution in [2.75, 3.05) is 19.0 Å². The first kappa shape index (κ1) is 12.2. The van der Waals surface area contributed by atoms with E-state index in [0.717, 1.165) is 22.5 Å². The van der Waals surface area contributed by atoms with Gasteiger partial charge >= 0.3 is 0 Å². The van der Waals surface area contributed by atoms with Crippen molar-refractivity contribution in [2.45, 2.75) is 0 Å². The van der Waals surface area contributed by atoms with Crippen molar-refractivity contribution in [1.29, 1.82) is 0 Å². The number of nitrogens with two attached hydrogens (primary N) is 1. The molecule has 0 aliphatic heterocycles. The van der Waals surface area contributed by atoms with Crippen LogP contribution in [-0.4, -0.2) is 19.8 Å². The Kier molecular flexibility index (Phi) is 3.63. The van der Waals surface area contributed by atoms with Gasteiger partial charge in [0.05, 0.1) is 5.71 Å². The Labute approximate surface area is 108 Å². The predicted molar refractivity (Wildman–Crippen MR) is 77.0 cm³/mol. The fraction of sp³-hybridized carbons (Fsp3) is 0.133. The van der Waals surface area contributed by atoms with E-state index in [2.05, 4.69) is 22.1 Å². The van der Waals surface area contributed by atoms with Gasteiger partial charge in [-0.2, -0.15) is 5.10 Å². The van der Waals surface area contributed by atoms with Crippen LogP contribution in [0.15, 0.2) is 59.7 Å². The lowest BCUT2D eigenvalue weighted by molar-refractivity contribution is 1.13. The zero-order valence-electron chi connectivity index (χ0n) is 10.7. The van der Waals surface area contributed by atoms with Gasteiger partial charge in [0.15, 0.2) is 0 Å². The molecule has 2 N–H and O–H groups in total. The van der Waals surface area contributed by atoms with Crippen LogP contribution >= 0.6 is 0 Å². The summed E-state index contributed by atoms with van der Waals surface area (Å²) in [5.74, 6) is 5.51. The Morgan fingerprint density at radius 1 is 0.889 bits per heavy atom. The Bertz CT molecular complexity index is 527. The second kappa shape index (κ2) is 5.36. The lowest BCUT2D eigenvalue weighted by Gasteiger charge is -2.13. The summed E-state index contributed by atoms with van der Waals surface area (Å²) in [4.78, 5) is 2.06. The number of anilines is 1. The summed E-state index contributed by atoms with van der Waals surface area (Å²) >= 11 is 0. The summed E-state index contributed by atoms with van der Waals surface area (Å²) in [6.07, 6.45) is 0. The summed E-state index contributed by atoms with van der Waals surface area (Å²) in [6, 6.07) is 18.1. The molecule has 0 aliphatic rings. The molecule has 0 unspecified atom stereocenters. The molecule has 92 valence electrons. The first-order valence-corrected chi connectivity index (χ1v) is 5.83. The molecule has 0 heterocycles. The van der Waals surface area contributed by atoms with Crippen LogP contribution in [0.1, 0.15) is 11.1 Å². The average molecular weight is 239 g/mol. The van der Waals surface area contributed by atoms with E-state index in [0.29, 0.717) is 0 Å². The minimum atomic E-state index is 0.806. The number of rotatable bonds is 3. The van der Waals surface area contributed by atoms with Gasteiger partial charge in [-0.3, -0.25) is 0 Å². The molecule has 0 spiro atoms. The number of hydrogen-bond donors (Lipinski definition) is 1. The summed E-state index contributed by atoms with van der Waals surface area (Å²) in [5.41, 5.74) is 4.01. The predicted octanol–water partition coefficient (Wildman–Crippen LogP) is 2.46. The fourth-order valence-corrected chi connectivity index (χ4v) is 1.83. The van der Waals surface area contributed by atoms with Crippen LogP contribution in [0.3, 0.4) is 0 Å². The molecule has 3 heteroatoms. The van der Waals surface area contributed by atoms with Gasteiger partial charge in [0.1, 0.15) is 0 Å². The van der Waals surface area contributed by atoms with E-state index >= 15 is 0 Å². The second-order valence-corrected chi connectivity index (χ2v) is 4.29. The molecule has 2 rings (SSSR count). The van der Waals surface area contributed by atoms with Crippen LogP contribution in [0.5, 0.6) is 0 Å². The molecule has 0 amide bonds. The summed E-state index contributed by atoms with van der Waals surface area (Å²) in [6.45, 7) is 0. The lowest BCUT2D eigenvalue weighted by atomic mass is 10.0. The largest absolute Gasteiger partial charge is 0.378 e. The average Bonchev–Trinajstić information content (AvgIpc) is 2.41. The number of nitrogens with zero attached hydrogens (tertiary/aromatic N) is 2. The standard InChI is InChI=1S/C15H17N3/c1-18(2)14-10-8-13(9-11-14)15(17-16)12-6-4-3-5-7-12/h3-11H,16H2,1-2H3. The SMILES string of the molecule is CN(C)c1ccc(C(=NN)c2ccccc2)cc1. The van der Waals surface area contributed by atoms with Gasteiger partial charge in [-0.1, -0.05) is 42.5 Å². The van der Waals surface area contributed by atoms with Gasteiger partial charge in [0.25, 0.3) is 0 Å². The van der Waals surface area contributed by atoms with Crippen LogP contribution in [-0.2, 0) is 0 Å². The van der Waals surface area contributed by atoms with Crippen LogP contribution < -0.4 is 10.7 Å². The van der Waals surface area contributed by atoms with Crippen LogP contribution in [0.25, 0.3) is 0 Å². The molecule has 0 saturated heterocycles. The van der Waals surface area contributed by atoms with Gasteiger partial charge < -0.3 is 10.7 Å². The topological polar surface area (TPSA) is 41.6 Å². The molecule has 3 nitrogen and oxygen atoms in total. The number of benzene rings is 2. The van der Waals surface area contributed by atoms with Crippen LogP contribution in [0, 0.1) is 0 Å². The first-order chi connectivity index (χ1) is 8.72. The Morgan fingerprint density at radius 3 is 1.94 bits per heavy atom. The van der Waals surface area contributed by atoms with Crippen molar-refractivity contribution in [2.24, 2.45) is 10.9 Å². The maximum atomic E-state index is 5.51. The van der Waals surface area contributed by atoms with Crippen LogP contribution in [0.2, 0.25) is 0 Å². The molecule has 0 radical (unpaired) electrons. The molecule has 0 atom stereocenters. The Morgan fingerprint density at radius 2 is 1.44 bits per heavy atom. The minimum absolute atomic E-state index is 0.806. The highest BCUT2D eigenvalue weighted by atomic mass is 15.1. The first-order valence-electron chi connectivity index (χ1n) is 5.83. The fourth-order valence-electron chi connectivity index (χ4n) is 1.83. The maximum Gasteiger partial charge on any atom is 0.0971 e. The van der Waals surface area contributed by atoms with E-state index in [-0.39, 0.29) is 0 Å². The van der Waals surface area contributed by atoms with E-state index in [1.807, 2.05) is 56.6 Å². The molecule has 0 aliphatic carbocycles. The Balaban J connectivity index is 2.35. The van der Waals surface area contributed by atoms with Crippen molar-refractivity contribution >= 4 is 11.4 Å². The third-order valence-electron chi connectivity index (χ3n) is 2.83. The summed E-state index contributed by atoms with van der Waals surface area (Å²) in [7, 11) is 4.04. The third-order valence-corrected chi connectivity index (χ3v) is 2.83. The van der Waals surface area contributed by atoms with Gasteiger partial charge in [-0.05, 0) is 12.1 Å². The maximum absolute atomic E-state index is 5.51. The Hall–Kier alpha value is -2.29. The van der Waals surface area contributed by atoms with Crippen molar-refractivity contribution in [3.05, 3.63) is 65.7 Å². The lowest BCUT2D eigenvalue weighted by Crippen LogP contribution is -2.10. The minimum Gasteiger partial charge on any atom is -0.378 e. The van der Waals surface area contributed by atoms with Crippen molar-refractivity contribution in [3.63, 3.8) is 0 Å². The molecule has 2 aromatic carbocycles. The highest BCUT2D eigenvalue weighted by molar-refractivity contribution is 6.12. The molecule has 0 fully saturated rings. The monoisotopic (exact) mass is 239 g/mol. The number of hydrogen-bond acceptors (Lipinski definition) is 3. The van der Waals surface area contributed by atoms with Crippen LogP contribution in [0.4, 0.5) is 5.69 Å². The smallest absolute Gasteiger partial charge is 0.0971 e. The van der Waals surface area contributed by atoms with Gasteiger partial charge in [-0.25, -0.2) is 0 Å². The van der Waals surface area contributed by atoms with E-state index in [4.69, 9.17) is 5.84 Å². The molecule has 18 heavy (non-hydrogen) atoms. The number of hydrazone groups is 1. The van der Waals surface area contributed by atoms with E-state index in [1.54, 1.807) is 0 Å².